The van der Waals surface area contributed by atoms with Gasteiger partial charge in [0.1, 0.15) is 4.32 Å². The molecule has 0 amide bonds. The molecule has 0 aromatic rings. The molecule has 0 aromatic heterocycles. The lowest BCUT2D eigenvalue weighted by molar-refractivity contribution is -0.156. The molecule has 0 fully saturated rings. The molecule has 0 saturated carbocycles. The van der Waals surface area contributed by atoms with Crippen molar-refractivity contribution in [3.8, 4) is 0 Å². The summed E-state index contributed by atoms with van der Waals surface area (Å²) in [6.45, 7) is 3.47. The van der Waals surface area contributed by atoms with E-state index in [0.717, 1.165) is 0 Å². The quantitative estimate of drug-likeness (QED) is 0.337. The third-order valence-electron chi connectivity index (χ3n) is 0.960. The van der Waals surface area contributed by atoms with Crippen LogP contribution in [-0.4, -0.2) is 29.3 Å². The number of carbonyl (C=O) groups excluding carboxylic acids is 1. The Balaban J connectivity index is -0.000000605. The van der Waals surface area contributed by atoms with Gasteiger partial charge in [-0.2, -0.15) is 0 Å². The molecule has 5 heteroatoms. The maximum Gasteiger partial charge on any atom is 0.324 e. The number of thioether (sulfide) groups is 1. The second-order valence-corrected chi connectivity index (χ2v) is 5.43. The zero-order valence-electron chi connectivity index (χ0n) is 7.43. The van der Waals surface area contributed by atoms with Crippen LogP contribution in [0.4, 0.5) is 0 Å². The smallest absolute Gasteiger partial charge is 0.324 e. The van der Waals surface area contributed by atoms with Gasteiger partial charge in [0, 0.05) is 0 Å². The number of hydrogen-bond donors (Lipinski definition) is 0. The lowest BCUT2D eigenvalue weighted by Crippen LogP contribution is -2.27. The van der Waals surface area contributed by atoms with Crippen molar-refractivity contribution in [1.29, 1.82) is 0 Å². The summed E-state index contributed by atoms with van der Waals surface area (Å²) in [6.07, 6.45) is 1.91. The SMILES string of the molecule is C.C.CSCOCOC(=O)C(C)(C)Br. The molecule has 0 unspecified atom stereocenters. The second kappa shape index (κ2) is 9.80. The highest BCUT2D eigenvalue weighted by atomic mass is 79.9. The summed E-state index contributed by atoms with van der Waals surface area (Å²) in [5.74, 6) is 0.222. The minimum absolute atomic E-state index is 0. The molecular formula is C9H21BrO3S. The third-order valence-corrected chi connectivity index (χ3v) is 1.69. The lowest BCUT2D eigenvalue weighted by Gasteiger charge is -2.14. The molecule has 0 saturated heterocycles. The Bertz CT molecular complexity index is 145. The minimum Gasteiger partial charge on any atom is -0.437 e. The Morgan fingerprint density at radius 1 is 1.43 bits per heavy atom. The van der Waals surface area contributed by atoms with E-state index in [1.165, 1.54) is 11.8 Å². The summed E-state index contributed by atoms with van der Waals surface area (Å²) in [5, 5.41) is 0. The van der Waals surface area contributed by atoms with Gasteiger partial charge in [-0.05, 0) is 20.1 Å². The van der Waals surface area contributed by atoms with Crippen LogP contribution in [0.3, 0.4) is 0 Å². The van der Waals surface area contributed by atoms with Crippen molar-refractivity contribution in [3.05, 3.63) is 0 Å². The van der Waals surface area contributed by atoms with E-state index in [1.54, 1.807) is 13.8 Å². The van der Waals surface area contributed by atoms with Crippen LogP contribution in [0.5, 0.6) is 0 Å². The number of halogens is 1. The number of hydrogen-bond acceptors (Lipinski definition) is 4. The van der Waals surface area contributed by atoms with Gasteiger partial charge in [0.2, 0.25) is 0 Å². The zero-order valence-corrected chi connectivity index (χ0v) is 9.83. The molecule has 0 radical (unpaired) electrons. The Hall–Kier alpha value is 0.260. The van der Waals surface area contributed by atoms with E-state index in [9.17, 15) is 4.79 Å². The minimum atomic E-state index is -0.629. The van der Waals surface area contributed by atoms with Crippen LogP contribution >= 0.6 is 27.7 Å². The van der Waals surface area contributed by atoms with Crippen LogP contribution < -0.4 is 0 Å². The number of alkyl halides is 1. The second-order valence-electron chi connectivity index (χ2n) is 2.63. The maximum atomic E-state index is 11.1. The van der Waals surface area contributed by atoms with E-state index in [0.29, 0.717) is 5.94 Å². The van der Waals surface area contributed by atoms with E-state index < -0.39 is 4.32 Å². The first kappa shape index (κ1) is 19.8. The molecule has 0 N–H and O–H groups in total. The van der Waals surface area contributed by atoms with Crippen LogP contribution in [0.15, 0.2) is 0 Å². The van der Waals surface area contributed by atoms with Crippen LogP contribution in [0.2, 0.25) is 0 Å². The Kier molecular flexibility index (Phi) is 13.8. The van der Waals surface area contributed by atoms with Gasteiger partial charge >= 0.3 is 5.97 Å². The summed E-state index contributed by atoms with van der Waals surface area (Å²) in [6, 6.07) is 0. The molecule has 0 aliphatic heterocycles. The van der Waals surface area contributed by atoms with Crippen molar-refractivity contribution < 1.29 is 14.3 Å². The maximum absolute atomic E-state index is 11.1. The highest BCUT2D eigenvalue weighted by Crippen LogP contribution is 2.17. The van der Waals surface area contributed by atoms with Crippen molar-refractivity contribution in [1.82, 2.24) is 0 Å². The lowest BCUT2D eigenvalue weighted by atomic mass is 10.2. The van der Waals surface area contributed by atoms with E-state index in [2.05, 4.69) is 15.9 Å². The van der Waals surface area contributed by atoms with Gasteiger partial charge in [-0.1, -0.05) is 30.8 Å². The molecule has 0 spiro atoms. The van der Waals surface area contributed by atoms with Gasteiger partial charge in [0.25, 0.3) is 0 Å². The van der Waals surface area contributed by atoms with Crippen molar-refractivity contribution >= 4 is 33.7 Å². The fourth-order valence-electron chi connectivity index (χ4n) is 0.384. The Labute approximate surface area is 100 Å². The number of rotatable bonds is 5. The summed E-state index contributed by atoms with van der Waals surface area (Å²) >= 11 is 4.71. The predicted molar refractivity (Wildman–Crippen MR) is 66.9 cm³/mol. The summed E-state index contributed by atoms with van der Waals surface area (Å²) < 4.78 is 9.11. The summed E-state index contributed by atoms with van der Waals surface area (Å²) in [7, 11) is 0. The molecular weight excluding hydrogens is 268 g/mol. The van der Waals surface area contributed by atoms with Crippen molar-refractivity contribution in [2.24, 2.45) is 0 Å². The molecule has 14 heavy (non-hydrogen) atoms. The van der Waals surface area contributed by atoms with Crippen LogP contribution in [0, 0.1) is 0 Å². The van der Waals surface area contributed by atoms with E-state index in [-0.39, 0.29) is 27.6 Å². The van der Waals surface area contributed by atoms with E-state index >= 15 is 0 Å². The number of ether oxygens (including phenoxy) is 2. The first-order valence-corrected chi connectivity index (χ1v) is 5.60. The standard InChI is InChI=1S/C7H13BrO3S.2CH4/c1-7(2,8)6(9)11-4-10-5-12-3;;/h4-5H2,1-3H3;2*1H4. The molecule has 88 valence electrons. The van der Waals surface area contributed by atoms with Crippen molar-refractivity contribution in [2.45, 2.75) is 33.0 Å². The highest BCUT2D eigenvalue weighted by Gasteiger charge is 2.25. The van der Waals surface area contributed by atoms with E-state index in [1.807, 2.05) is 6.26 Å². The van der Waals surface area contributed by atoms with Gasteiger partial charge in [-0.3, -0.25) is 4.79 Å². The van der Waals surface area contributed by atoms with Gasteiger partial charge in [-0.25, -0.2) is 0 Å². The first-order chi connectivity index (χ1) is 5.48. The average Bonchev–Trinajstić information content (AvgIpc) is 1.96. The fourth-order valence-corrected chi connectivity index (χ4v) is 0.733. The van der Waals surface area contributed by atoms with Crippen molar-refractivity contribution in [2.75, 3.05) is 19.0 Å². The molecule has 3 nitrogen and oxygen atoms in total. The Morgan fingerprint density at radius 3 is 2.29 bits per heavy atom. The summed E-state index contributed by atoms with van der Waals surface area (Å²) in [5.41, 5.74) is 0. The van der Waals surface area contributed by atoms with Crippen LogP contribution in [-0.2, 0) is 14.3 Å². The predicted octanol–water partition coefficient (Wildman–Crippen LogP) is 3.27. The third kappa shape index (κ3) is 10.3. The monoisotopic (exact) mass is 288 g/mol. The number of esters is 1. The molecule has 0 rings (SSSR count). The van der Waals surface area contributed by atoms with Gasteiger partial charge in [0.05, 0.1) is 5.94 Å². The molecule has 0 aromatic carbocycles. The largest absolute Gasteiger partial charge is 0.437 e. The topological polar surface area (TPSA) is 35.5 Å². The number of carbonyl (C=O) groups is 1. The molecule has 0 heterocycles. The van der Waals surface area contributed by atoms with E-state index in [4.69, 9.17) is 9.47 Å². The molecule has 0 aliphatic carbocycles. The molecule has 0 bridgehead atoms. The van der Waals surface area contributed by atoms with Crippen LogP contribution in [0.25, 0.3) is 0 Å². The van der Waals surface area contributed by atoms with Gasteiger partial charge in [0.15, 0.2) is 6.79 Å². The molecule has 0 aliphatic rings. The fraction of sp³-hybridized carbons (Fsp3) is 0.889. The van der Waals surface area contributed by atoms with Gasteiger partial charge < -0.3 is 9.47 Å². The zero-order chi connectivity index (χ0) is 9.61. The highest BCUT2D eigenvalue weighted by molar-refractivity contribution is 9.10. The normalized spacial score (nSPS) is 9.71. The summed E-state index contributed by atoms with van der Waals surface area (Å²) in [4.78, 5) is 11.1. The van der Waals surface area contributed by atoms with Crippen LogP contribution in [0.1, 0.15) is 28.7 Å². The Morgan fingerprint density at radius 2 is 1.93 bits per heavy atom. The van der Waals surface area contributed by atoms with Gasteiger partial charge in [-0.15, -0.1) is 11.8 Å². The first-order valence-electron chi connectivity index (χ1n) is 3.41. The van der Waals surface area contributed by atoms with Crippen molar-refractivity contribution in [3.63, 3.8) is 0 Å². The molecule has 0 atom stereocenters. The average molecular weight is 289 g/mol.